The van der Waals surface area contributed by atoms with E-state index in [2.05, 4.69) is 41.7 Å². The largest absolute Gasteiger partial charge is 0.371 e. The molecule has 0 aliphatic carbocycles. The van der Waals surface area contributed by atoms with Gasteiger partial charge in [-0.05, 0) is 23.8 Å². The van der Waals surface area contributed by atoms with E-state index < -0.39 is 0 Å². The van der Waals surface area contributed by atoms with Gasteiger partial charge in [0.25, 0.3) is 0 Å². The molecule has 0 fully saturated rings. The fourth-order valence-electron chi connectivity index (χ4n) is 2.89. The number of aromatic amines is 1. The molecule has 0 aromatic carbocycles. The molecule has 17 heavy (non-hydrogen) atoms. The minimum Gasteiger partial charge on any atom is -0.371 e. The Morgan fingerprint density at radius 3 is 2.94 bits per heavy atom. The molecule has 0 saturated carbocycles. The van der Waals surface area contributed by atoms with Gasteiger partial charge >= 0.3 is 0 Å². The zero-order valence-corrected chi connectivity index (χ0v) is 10.6. The third-order valence-corrected chi connectivity index (χ3v) is 3.78. The summed E-state index contributed by atoms with van der Waals surface area (Å²) in [6.07, 6.45) is 5.77. The van der Waals surface area contributed by atoms with Crippen molar-refractivity contribution < 1.29 is 0 Å². The van der Waals surface area contributed by atoms with Crippen molar-refractivity contribution in [1.82, 2.24) is 10.3 Å². The Bertz CT molecular complexity index is 444. The van der Waals surface area contributed by atoms with Crippen molar-refractivity contribution in [1.29, 1.82) is 0 Å². The molecule has 3 heteroatoms. The zero-order valence-electron chi connectivity index (χ0n) is 10.6. The number of aromatic nitrogens is 1. The van der Waals surface area contributed by atoms with Gasteiger partial charge < -0.3 is 15.6 Å². The van der Waals surface area contributed by atoms with Crippen LogP contribution >= 0.6 is 0 Å². The number of rotatable bonds is 1. The maximum Gasteiger partial charge on any atom is 0.107 e. The first-order valence-corrected chi connectivity index (χ1v) is 6.60. The van der Waals surface area contributed by atoms with E-state index in [1.165, 1.54) is 28.9 Å². The SMILES string of the molecule is CC1CNc2[nH]cc(C3=C[C@H](C)CNC3)c2C1. The van der Waals surface area contributed by atoms with E-state index in [0.717, 1.165) is 25.6 Å². The molecule has 0 saturated heterocycles. The lowest BCUT2D eigenvalue weighted by molar-refractivity contribution is 0.590. The van der Waals surface area contributed by atoms with Gasteiger partial charge in [-0.15, -0.1) is 0 Å². The van der Waals surface area contributed by atoms with Crippen LogP contribution < -0.4 is 10.6 Å². The molecule has 2 aliphatic heterocycles. The van der Waals surface area contributed by atoms with Crippen molar-refractivity contribution in [3.63, 3.8) is 0 Å². The Balaban J connectivity index is 1.96. The molecule has 0 amide bonds. The van der Waals surface area contributed by atoms with Gasteiger partial charge in [-0.1, -0.05) is 19.9 Å². The molecule has 3 nitrogen and oxygen atoms in total. The number of nitrogens with one attached hydrogen (secondary N) is 3. The van der Waals surface area contributed by atoms with Gasteiger partial charge in [-0.2, -0.15) is 0 Å². The fraction of sp³-hybridized carbons (Fsp3) is 0.571. The molecule has 1 aromatic heterocycles. The van der Waals surface area contributed by atoms with Crippen LogP contribution in [0.2, 0.25) is 0 Å². The third kappa shape index (κ3) is 2.00. The van der Waals surface area contributed by atoms with Crippen molar-refractivity contribution in [2.75, 3.05) is 25.0 Å². The van der Waals surface area contributed by atoms with Gasteiger partial charge in [0.15, 0.2) is 0 Å². The van der Waals surface area contributed by atoms with Crippen LogP contribution in [0.1, 0.15) is 25.0 Å². The minimum atomic E-state index is 0.637. The normalized spacial score (nSPS) is 28.2. The molecule has 3 N–H and O–H groups in total. The van der Waals surface area contributed by atoms with Gasteiger partial charge in [0.1, 0.15) is 5.82 Å². The molecule has 3 heterocycles. The monoisotopic (exact) mass is 231 g/mol. The fourth-order valence-corrected chi connectivity index (χ4v) is 2.89. The molecule has 3 rings (SSSR count). The Morgan fingerprint density at radius 2 is 2.12 bits per heavy atom. The van der Waals surface area contributed by atoms with Gasteiger partial charge in [0.2, 0.25) is 0 Å². The van der Waals surface area contributed by atoms with E-state index in [0.29, 0.717) is 5.92 Å². The van der Waals surface area contributed by atoms with E-state index in [1.54, 1.807) is 0 Å². The van der Waals surface area contributed by atoms with Crippen molar-refractivity contribution in [3.8, 4) is 0 Å². The lowest BCUT2D eigenvalue weighted by Gasteiger charge is -2.24. The van der Waals surface area contributed by atoms with E-state index in [9.17, 15) is 0 Å². The summed E-state index contributed by atoms with van der Waals surface area (Å²) in [5.41, 5.74) is 4.35. The second-order valence-corrected chi connectivity index (χ2v) is 5.55. The summed E-state index contributed by atoms with van der Waals surface area (Å²) >= 11 is 0. The summed E-state index contributed by atoms with van der Waals surface area (Å²) in [7, 11) is 0. The van der Waals surface area contributed by atoms with E-state index >= 15 is 0 Å². The summed E-state index contributed by atoms with van der Waals surface area (Å²) in [6, 6.07) is 0. The van der Waals surface area contributed by atoms with Crippen LogP contribution in [0.25, 0.3) is 5.57 Å². The van der Waals surface area contributed by atoms with Crippen LogP contribution in [-0.2, 0) is 6.42 Å². The molecule has 1 unspecified atom stereocenters. The van der Waals surface area contributed by atoms with Crippen molar-refractivity contribution in [3.05, 3.63) is 23.4 Å². The highest BCUT2D eigenvalue weighted by molar-refractivity contribution is 5.74. The number of anilines is 1. The van der Waals surface area contributed by atoms with Crippen molar-refractivity contribution in [2.24, 2.45) is 11.8 Å². The van der Waals surface area contributed by atoms with Crippen LogP contribution in [0.15, 0.2) is 12.3 Å². The van der Waals surface area contributed by atoms with Crippen LogP contribution in [0.3, 0.4) is 0 Å². The van der Waals surface area contributed by atoms with Crippen LogP contribution in [0.5, 0.6) is 0 Å². The highest BCUT2D eigenvalue weighted by atomic mass is 15.0. The molecule has 0 spiro atoms. The standard InChI is InChI=1S/C14H21N3/c1-9-3-11(7-15-5-9)13-8-17-14-12(13)4-10(2)6-16-14/h3,8-10,15-17H,4-7H2,1-2H3/t9-,10?/m0/s1. The highest BCUT2D eigenvalue weighted by Crippen LogP contribution is 2.32. The molecule has 2 aliphatic rings. The predicted molar refractivity (Wildman–Crippen MR) is 72.2 cm³/mol. The Kier molecular flexibility index (Phi) is 2.71. The maximum atomic E-state index is 3.49. The molecular weight excluding hydrogens is 210 g/mol. The second-order valence-electron chi connectivity index (χ2n) is 5.55. The van der Waals surface area contributed by atoms with Gasteiger partial charge in [-0.3, -0.25) is 0 Å². The average Bonchev–Trinajstić information content (AvgIpc) is 2.71. The summed E-state index contributed by atoms with van der Waals surface area (Å²) in [5, 5.41) is 6.97. The van der Waals surface area contributed by atoms with Gasteiger partial charge in [0.05, 0.1) is 0 Å². The average molecular weight is 231 g/mol. The first-order chi connectivity index (χ1) is 8.24. The first-order valence-electron chi connectivity index (χ1n) is 6.60. The molecule has 92 valence electrons. The summed E-state index contributed by atoms with van der Waals surface area (Å²) < 4.78 is 0. The van der Waals surface area contributed by atoms with Crippen molar-refractivity contribution in [2.45, 2.75) is 20.3 Å². The molecule has 1 aromatic rings. The second kappa shape index (κ2) is 4.22. The predicted octanol–water partition coefficient (Wildman–Crippen LogP) is 2.24. The molecule has 0 radical (unpaired) electrons. The maximum absolute atomic E-state index is 3.49. The molecule has 2 atom stereocenters. The summed E-state index contributed by atoms with van der Waals surface area (Å²) in [6.45, 7) is 7.77. The van der Waals surface area contributed by atoms with E-state index in [4.69, 9.17) is 0 Å². The minimum absolute atomic E-state index is 0.637. The lowest BCUT2D eigenvalue weighted by atomic mass is 9.91. The Morgan fingerprint density at radius 1 is 1.24 bits per heavy atom. The third-order valence-electron chi connectivity index (χ3n) is 3.78. The quantitative estimate of drug-likeness (QED) is 0.693. The first kappa shape index (κ1) is 10.9. The number of fused-ring (bicyclic) bond motifs is 1. The van der Waals surface area contributed by atoms with E-state index in [1.807, 2.05) is 0 Å². The smallest absolute Gasteiger partial charge is 0.107 e. The number of hydrogen-bond acceptors (Lipinski definition) is 2. The van der Waals surface area contributed by atoms with Crippen LogP contribution in [0, 0.1) is 11.8 Å². The number of hydrogen-bond donors (Lipinski definition) is 3. The highest BCUT2D eigenvalue weighted by Gasteiger charge is 2.22. The summed E-state index contributed by atoms with van der Waals surface area (Å²) in [4.78, 5) is 3.38. The van der Waals surface area contributed by atoms with Crippen molar-refractivity contribution >= 4 is 11.4 Å². The zero-order chi connectivity index (χ0) is 11.8. The van der Waals surface area contributed by atoms with Crippen LogP contribution in [-0.4, -0.2) is 24.6 Å². The van der Waals surface area contributed by atoms with E-state index in [-0.39, 0.29) is 0 Å². The molecular formula is C14H21N3. The summed E-state index contributed by atoms with van der Waals surface area (Å²) in [5.74, 6) is 2.60. The Hall–Kier alpha value is -1.22. The number of H-pyrrole nitrogens is 1. The Labute approximate surface area is 103 Å². The van der Waals surface area contributed by atoms with Gasteiger partial charge in [0, 0.05) is 37.0 Å². The van der Waals surface area contributed by atoms with Gasteiger partial charge in [-0.25, -0.2) is 0 Å². The molecule has 0 bridgehead atoms. The lowest BCUT2D eigenvalue weighted by Crippen LogP contribution is -2.27. The topological polar surface area (TPSA) is 39.9 Å². The van der Waals surface area contributed by atoms with Crippen LogP contribution in [0.4, 0.5) is 5.82 Å².